The van der Waals surface area contributed by atoms with Crippen molar-refractivity contribution in [1.82, 2.24) is 10.3 Å². The van der Waals surface area contributed by atoms with Gasteiger partial charge in [-0.25, -0.2) is 4.79 Å². The van der Waals surface area contributed by atoms with E-state index >= 15 is 0 Å². The zero-order valence-corrected chi connectivity index (χ0v) is 12.5. The molecule has 1 rings (SSSR count). The zero-order chi connectivity index (χ0) is 16.5. The molecule has 0 fully saturated rings. The number of nitrogens with one attached hydrogen (secondary N) is 2. The number of esters is 1. The Kier molecular flexibility index (Phi) is 6.88. The maximum Gasteiger partial charge on any atom is 0.328 e. The van der Waals surface area contributed by atoms with Crippen LogP contribution in [0.2, 0.25) is 0 Å². The molecule has 2 N–H and O–H groups in total. The predicted octanol–water partition coefficient (Wildman–Crippen LogP) is 1.13. The van der Waals surface area contributed by atoms with E-state index in [1.54, 1.807) is 26.0 Å². The highest BCUT2D eigenvalue weighted by Crippen LogP contribution is 2.05. The number of ketones is 1. The van der Waals surface area contributed by atoms with E-state index in [9.17, 15) is 14.4 Å². The normalized spacial score (nSPS) is 11.6. The average Bonchev–Trinajstić information content (AvgIpc) is 2.50. The number of pyridine rings is 1. The molecule has 1 atom stereocenters. The van der Waals surface area contributed by atoms with Gasteiger partial charge in [-0.2, -0.15) is 0 Å². The fourth-order valence-corrected chi connectivity index (χ4v) is 1.66. The molecule has 0 saturated heterocycles. The first-order chi connectivity index (χ1) is 10.4. The van der Waals surface area contributed by atoms with E-state index in [2.05, 4.69) is 10.3 Å². The predicted molar refractivity (Wildman–Crippen MR) is 79.7 cm³/mol. The van der Waals surface area contributed by atoms with Gasteiger partial charge in [0.2, 0.25) is 0 Å². The maximum absolute atomic E-state index is 12.1. The van der Waals surface area contributed by atoms with Crippen LogP contribution in [0.4, 0.5) is 0 Å². The summed E-state index contributed by atoms with van der Waals surface area (Å²) < 4.78 is 5.08. The fourth-order valence-electron chi connectivity index (χ4n) is 1.66. The van der Waals surface area contributed by atoms with Crippen molar-refractivity contribution in [1.29, 1.82) is 5.41 Å². The van der Waals surface area contributed by atoms with Gasteiger partial charge in [0.1, 0.15) is 6.04 Å². The summed E-state index contributed by atoms with van der Waals surface area (Å²) in [7, 11) is 0. The third kappa shape index (κ3) is 5.82. The Bertz CT molecular complexity index is 543. The second kappa shape index (κ2) is 8.66. The van der Waals surface area contributed by atoms with Crippen LogP contribution >= 0.6 is 0 Å². The standard InChI is InChI=1S/C15H19N3O4/c1-10(2)22-15(21)13(6-5-12(19)8-16)18-14(20)11-4-3-7-17-9-11/h3-4,7-10,13,16H,5-6H2,1-2H3,(H,18,20)/t13-/m0/s1. The van der Waals surface area contributed by atoms with E-state index in [0.717, 1.165) is 0 Å². The van der Waals surface area contributed by atoms with Crippen molar-refractivity contribution in [2.45, 2.75) is 38.8 Å². The molecule has 7 nitrogen and oxygen atoms in total. The molecular formula is C15H19N3O4. The van der Waals surface area contributed by atoms with Crippen molar-refractivity contribution >= 4 is 23.9 Å². The summed E-state index contributed by atoms with van der Waals surface area (Å²) in [5.41, 5.74) is 0.309. The number of hydrogen-bond acceptors (Lipinski definition) is 6. The third-order valence-corrected chi connectivity index (χ3v) is 2.71. The number of rotatable bonds is 8. The van der Waals surface area contributed by atoms with Gasteiger partial charge in [-0.1, -0.05) is 0 Å². The zero-order valence-electron chi connectivity index (χ0n) is 12.5. The number of carbonyl (C=O) groups is 3. The van der Waals surface area contributed by atoms with Crippen LogP contribution in [0.1, 0.15) is 37.0 Å². The Morgan fingerprint density at radius 3 is 2.68 bits per heavy atom. The van der Waals surface area contributed by atoms with Crippen LogP contribution in [-0.4, -0.2) is 41.0 Å². The molecule has 0 aliphatic carbocycles. The van der Waals surface area contributed by atoms with E-state index < -0.39 is 23.7 Å². The van der Waals surface area contributed by atoms with Crippen molar-refractivity contribution in [2.75, 3.05) is 0 Å². The van der Waals surface area contributed by atoms with Crippen LogP contribution < -0.4 is 5.32 Å². The second-order valence-electron chi connectivity index (χ2n) is 4.90. The Labute approximate surface area is 128 Å². The van der Waals surface area contributed by atoms with Gasteiger partial charge in [-0.05, 0) is 32.4 Å². The van der Waals surface area contributed by atoms with Crippen molar-refractivity contribution in [3.05, 3.63) is 30.1 Å². The Balaban J connectivity index is 2.76. The van der Waals surface area contributed by atoms with Crippen LogP contribution in [0.3, 0.4) is 0 Å². The van der Waals surface area contributed by atoms with E-state index in [1.165, 1.54) is 12.4 Å². The molecule has 1 amide bonds. The molecule has 0 spiro atoms. The minimum absolute atomic E-state index is 0.0192. The lowest BCUT2D eigenvalue weighted by molar-refractivity contribution is -0.149. The summed E-state index contributed by atoms with van der Waals surface area (Å²) in [5, 5.41) is 9.40. The van der Waals surface area contributed by atoms with Gasteiger partial charge in [0.15, 0.2) is 5.78 Å². The fraction of sp³-hybridized carbons (Fsp3) is 0.400. The van der Waals surface area contributed by atoms with Gasteiger partial charge in [0.05, 0.1) is 17.9 Å². The highest BCUT2D eigenvalue weighted by atomic mass is 16.5. The van der Waals surface area contributed by atoms with Gasteiger partial charge in [0, 0.05) is 18.8 Å². The molecule has 0 unspecified atom stereocenters. The van der Waals surface area contributed by atoms with Crippen LogP contribution in [0.25, 0.3) is 0 Å². The molecule has 1 aromatic heterocycles. The number of carbonyl (C=O) groups excluding carboxylic acids is 3. The first-order valence-electron chi connectivity index (χ1n) is 6.88. The van der Waals surface area contributed by atoms with Gasteiger partial charge < -0.3 is 15.5 Å². The minimum atomic E-state index is -0.945. The summed E-state index contributed by atoms with van der Waals surface area (Å²) in [6, 6.07) is 2.23. The number of aromatic nitrogens is 1. The van der Waals surface area contributed by atoms with E-state index in [4.69, 9.17) is 10.1 Å². The summed E-state index contributed by atoms with van der Waals surface area (Å²) in [6.45, 7) is 3.39. The molecule has 0 aliphatic heterocycles. The van der Waals surface area contributed by atoms with E-state index in [0.29, 0.717) is 11.8 Å². The molecule has 0 aromatic carbocycles. The van der Waals surface area contributed by atoms with Crippen molar-refractivity contribution in [3.63, 3.8) is 0 Å². The molecule has 1 heterocycles. The maximum atomic E-state index is 12.1. The molecule has 0 aliphatic rings. The second-order valence-corrected chi connectivity index (χ2v) is 4.90. The number of amides is 1. The van der Waals surface area contributed by atoms with Gasteiger partial charge >= 0.3 is 5.97 Å². The topological polar surface area (TPSA) is 109 Å². The monoisotopic (exact) mass is 305 g/mol. The third-order valence-electron chi connectivity index (χ3n) is 2.71. The first-order valence-corrected chi connectivity index (χ1v) is 6.88. The largest absolute Gasteiger partial charge is 0.461 e. The number of Topliss-reactive ketones (excluding diaryl/α,β-unsaturated/α-hetero) is 1. The van der Waals surface area contributed by atoms with Crippen molar-refractivity contribution < 1.29 is 19.1 Å². The van der Waals surface area contributed by atoms with Crippen LogP contribution in [0.5, 0.6) is 0 Å². The quantitative estimate of drug-likeness (QED) is 0.552. The number of hydrogen-bond donors (Lipinski definition) is 2. The molecule has 7 heteroatoms. The highest BCUT2D eigenvalue weighted by molar-refractivity contribution is 6.26. The highest BCUT2D eigenvalue weighted by Gasteiger charge is 2.24. The minimum Gasteiger partial charge on any atom is -0.461 e. The Hall–Kier alpha value is -2.57. The lowest BCUT2D eigenvalue weighted by atomic mass is 10.1. The summed E-state index contributed by atoms with van der Waals surface area (Å²) in [4.78, 5) is 39.1. The van der Waals surface area contributed by atoms with Crippen molar-refractivity contribution in [3.8, 4) is 0 Å². The van der Waals surface area contributed by atoms with Crippen LogP contribution in [0, 0.1) is 5.41 Å². The summed E-state index contributed by atoms with van der Waals surface area (Å²) >= 11 is 0. The van der Waals surface area contributed by atoms with Gasteiger partial charge in [-0.3, -0.25) is 14.6 Å². The lowest BCUT2D eigenvalue weighted by Gasteiger charge is -2.18. The summed E-state index contributed by atoms with van der Waals surface area (Å²) in [6.07, 6.45) is 3.32. The Morgan fingerprint density at radius 2 is 2.14 bits per heavy atom. The van der Waals surface area contributed by atoms with Crippen molar-refractivity contribution in [2.24, 2.45) is 0 Å². The van der Waals surface area contributed by atoms with E-state index in [-0.39, 0.29) is 18.9 Å². The summed E-state index contributed by atoms with van der Waals surface area (Å²) in [5.74, 6) is -1.50. The molecule has 0 bridgehead atoms. The molecule has 0 radical (unpaired) electrons. The number of ether oxygens (including phenoxy) is 1. The average molecular weight is 305 g/mol. The molecule has 22 heavy (non-hydrogen) atoms. The smallest absolute Gasteiger partial charge is 0.328 e. The first kappa shape index (κ1) is 17.5. The molecule has 118 valence electrons. The Morgan fingerprint density at radius 1 is 1.41 bits per heavy atom. The van der Waals surface area contributed by atoms with E-state index in [1.807, 2.05) is 0 Å². The van der Waals surface area contributed by atoms with Gasteiger partial charge in [-0.15, -0.1) is 0 Å². The number of nitrogens with zero attached hydrogens (tertiary/aromatic N) is 1. The van der Waals surface area contributed by atoms with Gasteiger partial charge in [0.25, 0.3) is 5.91 Å². The van der Waals surface area contributed by atoms with Crippen LogP contribution in [0.15, 0.2) is 24.5 Å². The molecule has 1 aromatic rings. The SMILES string of the molecule is CC(C)OC(=O)[C@H](CCC(=O)C=N)NC(=O)c1cccnc1. The molecule has 0 saturated carbocycles. The lowest BCUT2D eigenvalue weighted by Crippen LogP contribution is -2.43. The molecular weight excluding hydrogens is 286 g/mol. The van der Waals surface area contributed by atoms with Crippen LogP contribution in [-0.2, 0) is 14.3 Å².